The molecule has 1 amide bonds. The maximum Gasteiger partial charge on any atom is 0.276 e. The summed E-state index contributed by atoms with van der Waals surface area (Å²) in [5.74, 6) is -0.401. The first-order valence-corrected chi connectivity index (χ1v) is 9.33. The highest BCUT2D eigenvalue weighted by atomic mass is 19.1. The Hall–Kier alpha value is -4.33. The molecule has 3 heterocycles. The molecule has 0 spiro atoms. The fourth-order valence-corrected chi connectivity index (χ4v) is 3.08. The van der Waals surface area contributed by atoms with Crippen LogP contribution in [0.4, 0.5) is 15.8 Å². The van der Waals surface area contributed by atoms with E-state index in [4.69, 9.17) is 10.5 Å². The number of hydrogen-bond donors (Lipinski definition) is 2. The molecule has 4 rings (SSSR count). The summed E-state index contributed by atoms with van der Waals surface area (Å²) < 4.78 is 19.4. The van der Waals surface area contributed by atoms with Gasteiger partial charge in [0.15, 0.2) is 5.69 Å². The Kier molecular flexibility index (Phi) is 5.53. The van der Waals surface area contributed by atoms with Crippen molar-refractivity contribution in [1.29, 1.82) is 0 Å². The van der Waals surface area contributed by atoms with Gasteiger partial charge in [-0.3, -0.25) is 14.8 Å². The van der Waals surface area contributed by atoms with Crippen LogP contribution in [0.5, 0.6) is 5.75 Å². The second-order valence-electron chi connectivity index (χ2n) is 6.60. The average Bonchev–Trinajstić information content (AvgIpc) is 2.80. The van der Waals surface area contributed by atoms with E-state index in [2.05, 4.69) is 20.3 Å². The lowest BCUT2D eigenvalue weighted by molar-refractivity contribution is 0.102. The molecule has 31 heavy (non-hydrogen) atoms. The van der Waals surface area contributed by atoms with Gasteiger partial charge in [-0.25, -0.2) is 9.37 Å². The van der Waals surface area contributed by atoms with E-state index >= 15 is 0 Å². The van der Waals surface area contributed by atoms with Gasteiger partial charge in [-0.15, -0.1) is 0 Å². The minimum atomic E-state index is -0.541. The van der Waals surface area contributed by atoms with Crippen molar-refractivity contribution in [1.82, 2.24) is 15.0 Å². The van der Waals surface area contributed by atoms with Crippen LogP contribution < -0.4 is 15.8 Å². The molecule has 0 bridgehead atoms. The van der Waals surface area contributed by atoms with Gasteiger partial charge in [0.2, 0.25) is 0 Å². The summed E-state index contributed by atoms with van der Waals surface area (Å²) in [5, 5.41) is 2.79. The predicted molar refractivity (Wildman–Crippen MR) is 116 cm³/mol. The fourth-order valence-electron chi connectivity index (χ4n) is 3.08. The average molecular weight is 415 g/mol. The number of nitrogens with zero attached hydrogens (tertiary/aromatic N) is 3. The van der Waals surface area contributed by atoms with Gasteiger partial charge in [-0.05, 0) is 36.4 Å². The summed E-state index contributed by atoms with van der Waals surface area (Å²) in [4.78, 5) is 25.5. The maximum absolute atomic E-state index is 14.2. The highest BCUT2D eigenvalue weighted by Gasteiger charge is 2.17. The van der Waals surface area contributed by atoms with Crippen molar-refractivity contribution in [3.63, 3.8) is 0 Å². The molecule has 0 radical (unpaired) electrons. The summed E-state index contributed by atoms with van der Waals surface area (Å²) in [6, 6.07) is 12.8. The number of benzene rings is 1. The minimum absolute atomic E-state index is 0.0145. The minimum Gasteiger partial charge on any atom is -0.495 e. The van der Waals surface area contributed by atoms with Gasteiger partial charge in [-0.1, -0.05) is 12.1 Å². The third kappa shape index (κ3) is 4.18. The zero-order valence-electron chi connectivity index (χ0n) is 16.5. The van der Waals surface area contributed by atoms with Gasteiger partial charge >= 0.3 is 0 Å². The lowest BCUT2D eigenvalue weighted by atomic mass is 10.1. The summed E-state index contributed by atoms with van der Waals surface area (Å²) in [6.07, 6.45) is 6.36. The maximum atomic E-state index is 14.2. The number of nitrogen functional groups attached to an aromatic ring is 1. The van der Waals surface area contributed by atoms with Crippen LogP contribution in [0, 0.1) is 5.82 Å². The van der Waals surface area contributed by atoms with Crippen molar-refractivity contribution < 1.29 is 13.9 Å². The summed E-state index contributed by atoms with van der Waals surface area (Å²) in [7, 11) is 1.55. The van der Waals surface area contributed by atoms with Crippen molar-refractivity contribution in [2.45, 2.75) is 0 Å². The number of nitrogens with one attached hydrogen (secondary N) is 1. The highest BCUT2D eigenvalue weighted by molar-refractivity contribution is 6.08. The first-order valence-electron chi connectivity index (χ1n) is 9.33. The zero-order chi connectivity index (χ0) is 21.8. The van der Waals surface area contributed by atoms with E-state index in [0.29, 0.717) is 22.7 Å². The number of amides is 1. The highest BCUT2D eigenvalue weighted by Crippen LogP contribution is 2.30. The molecule has 8 heteroatoms. The Morgan fingerprint density at radius 1 is 1.03 bits per heavy atom. The summed E-state index contributed by atoms with van der Waals surface area (Å²) >= 11 is 0. The van der Waals surface area contributed by atoms with Crippen molar-refractivity contribution in [2.24, 2.45) is 0 Å². The van der Waals surface area contributed by atoms with Crippen molar-refractivity contribution in [3.05, 3.63) is 84.8 Å². The number of hydrogen-bond acceptors (Lipinski definition) is 6. The zero-order valence-corrected chi connectivity index (χ0v) is 16.5. The molecule has 7 nitrogen and oxygen atoms in total. The van der Waals surface area contributed by atoms with Crippen molar-refractivity contribution in [2.75, 3.05) is 18.2 Å². The van der Waals surface area contributed by atoms with Gasteiger partial charge in [0.1, 0.15) is 11.6 Å². The number of aromatic nitrogens is 3. The quantitative estimate of drug-likeness (QED) is 0.507. The molecular formula is C23H18FN5O2. The number of carbonyl (C=O) groups excluding carboxylic acids is 1. The standard InChI is InChI=1S/C23H18FN5O2/c1-31-15-10-14(11-27-12-15)16-8-9-26-13-21(16)29-23(30)22-19(25)6-7-20(28-22)17-4-2-3-5-18(17)24/h2-13H,25H2,1H3,(H,29,30). The molecule has 154 valence electrons. The Morgan fingerprint density at radius 2 is 1.87 bits per heavy atom. The van der Waals surface area contributed by atoms with Gasteiger partial charge in [-0.2, -0.15) is 0 Å². The van der Waals surface area contributed by atoms with E-state index in [9.17, 15) is 9.18 Å². The van der Waals surface area contributed by atoms with E-state index in [1.165, 1.54) is 18.3 Å². The molecule has 0 aliphatic heterocycles. The molecule has 3 N–H and O–H groups in total. The van der Waals surface area contributed by atoms with Crippen LogP contribution in [0.25, 0.3) is 22.4 Å². The first-order chi connectivity index (χ1) is 15.1. The molecule has 0 aliphatic rings. The van der Waals surface area contributed by atoms with Crippen LogP contribution in [0.3, 0.4) is 0 Å². The number of ether oxygens (including phenoxy) is 1. The monoisotopic (exact) mass is 415 g/mol. The number of halogens is 1. The van der Waals surface area contributed by atoms with Crippen molar-refractivity contribution in [3.8, 4) is 28.1 Å². The second-order valence-corrected chi connectivity index (χ2v) is 6.60. The third-order valence-corrected chi connectivity index (χ3v) is 4.62. The molecule has 4 aromatic rings. The Balaban J connectivity index is 1.68. The van der Waals surface area contributed by atoms with Crippen LogP contribution in [0.15, 0.2) is 73.3 Å². The van der Waals surface area contributed by atoms with Crippen LogP contribution in [-0.4, -0.2) is 28.0 Å². The predicted octanol–water partition coefficient (Wildman–Crippen LogP) is 4.19. The topological polar surface area (TPSA) is 103 Å². The molecule has 0 fully saturated rings. The Bertz CT molecular complexity index is 1260. The number of carbonyl (C=O) groups is 1. The van der Waals surface area contributed by atoms with E-state index in [1.54, 1.807) is 62.1 Å². The van der Waals surface area contributed by atoms with E-state index in [0.717, 1.165) is 5.56 Å². The first kappa shape index (κ1) is 20.0. The Labute approximate surface area is 177 Å². The van der Waals surface area contributed by atoms with E-state index < -0.39 is 11.7 Å². The van der Waals surface area contributed by atoms with E-state index in [1.807, 2.05) is 0 Å². The molecule has 0 saturated heterocycles. The normalized spacial score (nSPS) is 10.5. The number of anilines is 2. The van der Waals surface area contributed by atoms with E-state index in [-0.39, 0.29) is 16.9 Å². The largest absolute Gasteiger partial charge is 0.495 e. The molecule has 0 aliphatic carbocycles. The SMILES string of the molecule is COc1cncc(-c2ccncc2NC(=O)c2nc(-c3ccccc3F)ccc2N)c1. The fraction of sp³-hybridized carbons (Fsp3) is 0.0435. The molecule has 0 atom stereocenters. The lowest BCUT2D eigenvalue weighted by Crippen LogP contribution is -2.17. The van der Waals surface area contributed by atoms with Crippen molar-refractivity contribution >= 4 is 17.3 Å². The van der Waals surface area contributed by atoms with Crippen LogP contribution in [-0.2, 0) is 0 Å². The molecule has 3 aromatic heterocycles. The smallest absolute Gasteiger partial charge is 0.276 e. The van der Waals surface area contributed by atoms with Gasteiger partial charge in [0.05, 0.1) is 36.6 Å². The number of methoxy groups -OCH3 is 1. The molecule has 0 saturated carbocycles. The van der Waals surface area contributed by atoms with Gasteiger partial charge in [0.25, 0.3) is 5.91 Å². The van der Waals surface area contributed by atoms with Gasteiger partial charge < -0.3 is 15.8 Å². The van der Waals surface area contributed by atoms with Crippen LogP contribution in [0.1, 0.15) is 10.5 Å². The molecular weight excluding hydrogens is 397 g/mol. The number of nitrogens with two attached hydrogens (primary N) is 1. The number of rotatable bonds is 5. The Morgan fingerprint density at radius 3 is 2.68 bits per heavy atom. The third-order valence-electron chi connectivity index (χ3n) is 4.62. The van der Waals surface area contributed by atoms with Gasteiger partial charge in [0, 0.05) is 29.1 Å². The summed E-state index contributed by atoms with van der Waals surface area (Å²) in [6.45, 7) is 0. The lowest BCUT2D eigenvalue weighted by Gasteiger charge is -2.13. The van der Waals surface area contributed by atoms with Crippen LogP contribution >= 0.6 is 0 Å². The second kappa shape index (κ2) is 8.58. The number of pyridine rings is 3. The molecule has 0 unspecified atom stereocenters. The van der Waals surface area contributed by atoms with Crippen LogP contribution in [0.2, 0.25) is 0 Å². The summed E-state index contributed by atoms with van der Waals surface area (Å²) in [5.41, 5.74) is 8.60. The molecule has 1 aromatic carbocycles.